The maximum absolute atomic E-state index is 12.2. The zero-order valence-electron chi connectivity index (χ0n) is 11.9. The van der Waals surface area contributed by atoms with E-state index >= 15 is 0 Å². The monoisotopic (exact) mass is 318 g/mol. The van der Waals surface area contributed by atoms with Crippen LogP contribution in [-0.4, -0.2) is 26.9 Å². The van der Waals surface area contributed by atoms with E-state index in [2.05, 4.69) is 4.98 Å². The summed E-state index contributed by atoms with van der Waals surface area (Å²) in [7, 11) is 0. The van der Waals surface area contributed by atoms with Crippen LogP contribution in [0, 0.1) is 17.0 Å². The van der Waals surface area contributed by atoms with Crippen molar-refractivity contribution in [3.63, 3.8) is 0 Å². The highest BCUT2D eigenvalue weighted by molar-refractivity contribution is 7.99. The molecule has 0 aliphatic carbocycles. The van der Waals surface area contributed by atoms with Gasteiger partial charge in [-0.25, -0.2) is 4.98 Å². The highest BCUT2D eigenvalue weighted by atomic mass is 32.2. The van der Waals surface area contributed by atoms with Gasteiger partial charge in [-0.2, -0.15) is 4.68 Å². The molecule has 3 rings (SSSR count). The van der Waals surface area contributed by atoms with E-state index in [0.29, 0.717) is 17.4 Å². The fraction of sp³-hybridized carbons (Fsp3) is 0.286. The van der Waals surface area contributed by atoms with Crippen LogP contribution in [0.4, 0.5) is 5.69 Å². The Morgan fingerprint density at radius 2 is 2.09 bits per heavy atom. The number of nitro groups is 1. The summed E-state index contributed by atoms with van der Waals surface area (Å²) in [6.45, 7) is 3.04. The Morgan fingerprint density at radius 3 is 2.77 bits per heavy atom. The van der Waals surface area contributed by atoms with E-state index < -0.39 is 4.92 Å². The predicted molar refractivity (Wildman–Crippen MR) is 83.8 cm³/mol. The van der Waals surface area contributed by atoms with Gasteiger partial charge in [-0.1, -0.05) is 23.9 Å². The van der Waals surface area contributed by atoms with Crippen molar-refractivity contribution in [2.24, 2.45) is 0 Å². The molecule has 0 bridgehead atoms. The minimum absolute atomic E-state index is 0.0628. The molecule has 8 heteroatoms. The second-order valence-electron chi connectivity index (χ2n) is 4.99. The number of rotatable bonds is 3. The molecule has 114 valence electrons. The summed E-state index contributed by atoms with van der Waals surface area (Å²) in [5, 5.41) is 13.3. The third-order valence-electron chi connectivity index (χ3n) is 3.37. The van der Waals surface area contributed by atoms with Gasteiger partial charge in [0, 0.05) is 36.2 Å². The zero-order chi connectivity index (χ0) is 15.7. The number of non-ortho nitro benzene ring substituents is 1. The maximum atomic E-state index is 12.2. The second kappa shape index (κ2) is 5.80. The van der Waals surface area contributed by atoms with Crippen LogP contribution < -0.4 is 10.6 Å². The molecule has 0 spiro atoms. The van der Waals surface area contributed by atoms with Gasteiger partial charge in [-0.3, -0.25) is 14.9 Å². The molecule has 0 atom stereocenters. The molecule has 22 heavy (non-hydrogen) atoms. The highest BCUT2D eigenvalue weighted by Gasteiger charge is 2.20. The van der Waals surface area contributed by atoms with Crippen molar-refractivity contribution in [2.45, 2.75) is 18.6 Å². The topological polar surface area (TPSA) is 81.3 Å². The van der Waals surface area contributed by atoms with Gasteiger partial charge in [0.1, 0.15) is 0 Å². The molecule has 1 aliphatic heterocycles. The van der Waals surface area contributed by atoms with Gasteiger partial charge < -0.3 is 5.01 Å². The van der Waals surface area contributed by atoms with E-state index in [-0.39, 0.29) is 11.2 Å². The fourth-order valence-corrected chi connectivity index (χ4v) is 3.37. The maximum Gasteiger partial charge on any atom is 0.273 e. The first-order valence-corrected chi connectivity index (χ1v) is 7.75. The Kier molecular flexibility index (Phi) is 3.84. The molecule has 0 amide bonds. The first kappa shape index (κ1) is 14.6. The zero-order valence-corrected chi connectivity index (χ0v) is 12.7. The molecule has 0 saturated heterocycles. The quantitative estimate of drug-likeness (QED) is 0.487. The van der Waals surface area contributed by atoms with Gasteiger partial charge in [0.15, 0.2) is 5.16 Å². The van der Waals surface area contributed by atoms with Crippen molar-refractivity contribution in [2.75, 3.05) is 17.3 Å². The number of hydrogen-bond donors (Lipinski definition) is 0. The molecule has 1 aliphatic rings. The standard InChI is InChI=1S/C14H14N4O3S/c1-10-8-13(19)17-14(15-10)22-7-6-16(17)9-11-2-4-12(5-3-11)18(20)21/h2-5,8H,6-7,9H2,1H3. The third kappa shape index (κ3) is 2.82. The SMILES string of the molecule is Cc1cc(=O)n2c(n1)SCCN2Cc1ccc([N+](=O)[O-])cc1. The largest absolute Gasteiger partial charge is 0.302 e. The van der Waals surface area contributed by atoms with Crippen LogP contribution in [-0.2, 0) is 6.54 Å². The van der Waals surface area contributed by atoms with E-state index in [4.69, 9.17) is 0 Å². The summed E-state index contributed by atoms with van der Waals surface area (Å²) < 4.78 is 1.59. The number of hydrogen-bond acceptors (Lipinski definition) is 6. The second-order valence-corrected chi connectivity index (χ2v) is 6.05. The van der Waals surface area contributed by atoms with Gasteiger partial charge in [-0.05, 0) is 12.5 Å². The minimum atomic E-state index is -0.423. The van der Waals surface area contributed by atoms with Crippen molar-refractivity contribution in [1.29, 1.82) is 0 Å². The van der Waals surface area contributed by atoms with Gasteiger partial charge in [0.05, 0.1) is 11.5 Å². The molecule has 0 radical (unpaired) electrons. The number of benzene rings is 1. The van der Waals surface area contributed by atoms with Crippen molar-refractivity contribution < 1.29 is 4.92 Å². The lowest BCUT2D eigenvalue weighted by Crippen LogP contribution is -2.46. The number of nitro benzene ring substituents is 1. The minimum Gasteiger partial charge on any atom is -0.302 e. The van der Waals surface area contributed by atoms with Crippen LogP contribution in [0.1, 0.15) is 11.3 Å². The number of nitrogens with zero attached hydrogens (tertiary/aromatic N) is 4. The Morgan fingerprint density at radius 1 is 1.36 bits per heavy atom. The van der Waals surface area contributed by atoms with Crippen molar-refractivity contribution in [3.8, 4) is 0 Å². The average Bonchev–Trinajstić information content (AvgIpc) is 2.47. The van der Waals surface area contributed by atoms with Crippen LogP contribution in [0.15, 0.2) is 40.3 Å². The molecular weight excluding hydrogens is 304 g/mol. The molecule has 0 unspecified atom stereocenters. The summed E-state index contributed by atoms with van der Waals surface area (Å²) in [4.78, 5) is 26.9. The summed E-state index contributed by atoms with van der Waals surface area (Å²) in [6.07, 6.45) is 0. The number of fused-ring (bicyclic) bond motifs is 1. The first-order chi connectivity index (χ1) is 10.5. The smallest absolute Gasteiger partial charge is 0.273 e. The van der Waals surface area contributed by atoms with Gasteiger partial charge >= 0.3 is 0 Å². The fourth-order valence-electron chi connectivity index (χ4n) is 2.34. The molecular formula is C14H14N4O3S. The Hall–Kier alpha value is -2.35. The van der Waals surface area contributed by atoms with Crippen molar-refractivity contribution in [1.82, 2.24) is 9.66 Å². The highest BCUT2D eigenvalue weighted by Crippen LogP contribution is 2.21. The Labute approximate surface area is 130 Å². The summed E-state index contributed by atoms with van der Waals surface area (Å²) in [5.74, 6) is 0.850. The lowest BCUT2D eigenvalue weighted by Gasteiger charge is -2.31. The summed E-state index contributed by atoms with van der Waals surface area (Å²) >= 11 is 1.56. The van der Waals surface area contributed by atoms with Crippen molar-refractivity contribution in [3.05, 3.63) is 62.1 Å². The van der Waals surface area contributed by atoms with Crippen LogP contribution in [0.25, 0.3) is 0 Å². The predicted octanol–water partition coefficient (Wildman–Crippen LogP) is 1.70. The Balaban J connectivity index is 1.89. The number of aromatic nitrogens is 2. The number of aryl methyl sites for hydroxylation is 1. The van der Waals surface area contributed by atoms with Crippen LogP contribution in [0.5, 0.6) is 0 Å². The van der Waals surface area contributed by atoms with E-state index in [0.717, 1.165) is 17.9 Å². The normalized spacial score (nSPS) is 13.8. The molecule has 7 nitrogen and oxygen atoms in total. The van der Waals surface area contributed by atoms with Crippen molar-refractivity contribution >= 4 is 17.4 Å². The number of thioether (sulfide) groups is 1. The van der Waals surface area contributed by atoms with Crippen LogP contribution in [0.3, 0.4) is 0 Å². The third-order valence-corrected chi connectivity index (χ3v) is 4.28. The lowest BCUT2D eigenvalue weighted by molar-refractivity contribution is -0.384. The molecule has 2 heterocycles. The Bertz CT molecular complexity index is 773. The molecule has 0 N–H and O–H groups in total. The lowest BCUT2D eigenvalue weighted by atomic mass is 10.2. The molecule has 0 saturated carbocycles. The molecule has 0 fully saturated rings. The molecule has 1 aromatic heterocycles. The van der Waals surface area contributed by atoms with Crippen LogP contribution in [0.2, 0.25) is 0 Å². The van der Waals surface area contributed by atoms with Crippen LogP contribution >= 0.6 is 11.8 Å². The van der Waals surface area contributed by atoms with Gasteiger partial charge in [0.25, 0.3) is 11.2 Å². The van der Waals surface area contributed by atoms with Gasteiger partial charge in [-0.15, -0.1) is 0 Å². The molecule has 2 aromatic rings. The van der Waals surface area contributed by atoms with E-state index in [1.54, 1.807) is 35.5 Å². The van der Waals surface area contributed by atoms with Gasteiger partial charge in [0.2, 0.25) is 0 Å². The van der Waals surface area contributed by atoms with E-state index in [1.807, 2.05) is 5.01 Å². The molecule has 1 aromatic carbocycles. The average molecular weight is 318 g/mol. The summed E-state index contributed by atoms with van der Waals surface area (Å²) in [6, 6.07) is 7.90. The van der Waals surface area contributed by atoms with E-state index in [1.165, 1.54) is 18.2 Å². The van der Waals surface area contributed by atoms with E-state index in [9.17, 15) is 14.9 Å². The summed E-state index contributed by atoms with van der Waals surface area (Å²) in [5.41, 5.74) is 1.58. The first-order valence-electron chi connectivity index (χ1n) is 6.76.